The average molecular weight is 360 g/mol. The van der Waals surface area contributed by atoms with Gasteiger partial charge in [-0.15, -0.1) is 0 Å². The van der Waals surface area contributed by atoms with Crippen molar-refractivity contribution in [1.29, 1.82) is 0 Å². The third-order valence-corrected chi connectivity index (χ3v) is 3.70. The minimum absolute atomic E-state index is 0.00385. The van der Waals surface area contributed by atoms with Crippen LogP contribution in [0.4, 0.5) is 13.2 Å². The van der Waals surface area contributed by atoms with E-state index in [1.165, 1.54) is 4.90 Å². The first-order chi connectivity index (χ1) is 11.8. The Hall–Kier alpha value is -2.32. The maximum atomic E-state index is 12.7. The van der Waals surface area contributed by atoms with Crippen LogP contribution in [0.1, 0.15) is 31.7 Å². The summed E-state index contributed by atoms with van der Waals surface area (Å²) in [5.41, 5.74) is -0.835. The molecule has 1 aliphatic rings. The van der Waals surface area contributed by atoms with Gasteiger partial charge in [0.15, 0.2) is 0 Å². The van der Waals surface area contributed by atoms with Gasteiger partial charge >= 0.3 is 12.1 Å². The number of aromatic nitrogens is 1. The van der Waals surface area contributed by atoms with Crippen molar-refractivity contribution in [2.24, 2.45) is 0 Å². The van der Waals surface area contributed by atoms with E-state index in [1.807, 2.05) is 0 Å². The highest BCUT2D eigenvalue weighted by Gasteiger charge is 2.32. The van der Waals surface area contributed by atoms with Crippen LogP contribution in [0.2, 0.25) is 0 Å². The molecule has 25 heavy (non-hydrogen) atoms. The summed E-state index contributed by atoms with van der Waals surface area (Å²) in [7, 11) is 0. The largest absolute Gasteiger partial charge is 0.472 e. The number of rotatable bonds is 6. The van der Waals surface area contributed by atoms with E-state index < -0.39 is 23.8 Å². The van der Waals surface area contributed by atoms with Gasteiger partial charge in [0.2, 0.25) is 11.8 Å². The summed E-state index contributed by atoms with van der Waals surface area (Å²) in [6.07, 6.45) is -3.33. The van der Waals surface area contributed by atoms with Gasteiger partial charge in [0.25, 0.3) is 0 Å². The van der Waals surface area contributed by atoms with Crippen LogP contribution in [0.5, 0.6) is 5.88 Å². The Morgan fingerprint density at radius 3 is 2.80 bits per heavy atom. The van der Waals surface area contributed by atoms with Crippen molar-refractivity contribution in [1.82, 2.24) is 9.88 Å². The molecule has 2 rings (SSSR count). The number of hydrogen-bond acceptors (Lipinski definition) is 5. The molecule has 1 fully saturated rings. The predicted octanol–water partition coefficient (Wildman–Crippen LogP) is 2.42. The van der Waals surface area contributed by atoms with Crippen LogP contribution in [0, 0.1) is 0 Å². The monoisotopic (exact) mass is 360 g/mol. The second-order valence-corrected chi connectivity index (χ2v) is 5.55. The number of likely N-dealkylation sites (tertiary alicyclic amines) is 1. The summed E-state index contributed by atoms with van der Waals surface area (Å²) in [5.74, 6) is -0.771. The lowest BCUT2D eigenvalue weighted by molar-refractivity contribution is -0.145. The van der Waals surface area contributed by atoms with Crippen LogP contribution < -0.4 is 4.74 Å². The maximum Gasteiger partial charge on any atom is 0.416 e. The van der Waals surface area contributed by atoms with E-state index in [1.54, 1.807) is 6.92 Å². The number of amides is 1. The Kier molecular flexibility index (Phi) is 6.22. The number of pyridine rings is 1. The smallest absolute Gasteiger partial charge is 0.416 e. The molecule has 0 aromatic carbocycles. The molecular formula is C16H19F3N2O4. The molecule has 2 heterocycles. The molecule has 1 saturated heterocycles. The van der Waals surface area contributed by atoms with Crippen molar-refractivity contribution in [3.05, 3.63) is 23.9 Å². The van der Waals surface area contributed by atoms with E-state index in [9.17, 15) is 22.8 Å². The lowest BCUT2D eigenvalue weighted by Gasteiger charge is -2.17. The van der Waals surface area contributed by atoms with Crippen LogP contribution in [0.3, 0.4) is 0 Å². The molecule has 1 aromatic heterocycles. The molecule has 0 saturated carbocycles. The highest BCUT2D eigenvalue weighted by atomic mass is 19.4. The molecule has 0 spiro atoms. The van der Waals surface area contributed by atoms with Crippen LogP contribution in [-0.4, -0.2) is 47.6 Å². The first-order valence-electron chi connectivity index (χ1n) is 7.93. The van der Waals surface area contributed by atoms with E-state index >= 15 is 0 Å². The van der Waals surface area contributed by atoms with Crippen LogP contribution in [-0.2, 0) is 20.5 Å². The molecule has 6 nitrogen and oxygen atoms in total. The lowest BCUT2D eigenvalue weighted by atomic mass is 10.2. The molecule has 0 bridgehead atoms. The number of carbonyl (C=O) groups excluding carboxylic acids is 2. The number of hydrogen-bond donors (Lipinski definition) is 0. The first kappa shape index (κ1) is 19.0. The summed E-state index contributed by atoms with van der Waals surface area (Å²) in [5, 5.41) is 0. The highest BCUT2D eigenvalue weighted by Crippen LogP contribution is 2.31. The van der Waals surface area contributed by atoms with Gasteiger partial charge in [-0.3, -0.25) is 9.59 Å². The Balaban J connectivity index is 1.85. The summed E-state index contributed by atoms with van der Waals surface area (Å²) in [6.45, 7) is 2.62. The van der Waals surface area contributed by atoms with Gasteiger partial charge in [-0.05, 0) is 13.0 Å². The summed E-state index contributed by atoms with van der Waals surface area (Å²) in [6, 6.07) is 1.71. The highest BCUT2D eigenvalue weighted by molar-refractivity contribution is 5.81. The maximum absolute atomic E-state index is 12.7. The predicted molar refractivity (Wildman–Crippen MR) is 80.7 cm³/mol. The summed E-state index contributed by atoms with van der Waals surface area (Å²) >= 11 is 0. The van der Waals surface area contributed by atoms with Crippen molar-refractivity contribution in [3.63, 3.8) is 0 Å². The van der Waals surface area contributed by atoms with E-state index in [0.29, 0.717) is 13.0 Å². The van der Waals surface area contributed by atoms with Crippen LogP contribution in [0.15, 0.2) is 18.3 Å². The number of alkyl halides is 3. The fourth-order valence-corrected chi connectivity index (χ4v) is 2.47. The SMILES string of the molecule is CCOC(=O)CCC(=O)N1CCC(Oc2cc(C(F)(F)F)ccn2)C1. The van der Waals surface area contributed by atoms with Gasteiger partial charge in [-0.2, -0.15) is 13.2 Å². The molecule has 9 heteroatoms. The lowest BCUT2D eigenvalue weighted by Crippen LogP contribution is -2.31. The van der Waals surface area contributed by atoms with Gasteiger partial charge in [-0.1, -0.05) is 0 Å². The van der Waals surface area contributed by atoms with E-state index in [-0.39, 0.29) is 37.8 Å². The third-order valence-electron chi connectivity index (χ3n) is 3.70. The second-order valence-electron chi connectivity index (χ2n) is 5.55. The zero-order valence-electron chi connectivity index (χ0n) is 13.7. The molecule has 0 N–H and O–H groups in total. The molecule has 1 amide bonds. The molecule has 1 aliphatic heterocycles. The van der Waals surface area contributed by atoms with Crippen molar-refractivity contribution >= 4 is 11.9 Å². The molecular weight excluding hydrogens is 341 g/mol. The van der Waals surface area contributed by atoms with Gasteiger partial charge in [-0.25, -0.2) is 4.98 Å². The normalized spacial score (nSPS) is 17.4. The Bertz CT molecular complexity index is 622. The van der Waals surface area contributed by atoms with Gasteiger partial charge in [0.1, 0.15) is 6.10 Å². The van der Waals surface area contributed by atoms with E-state index in [0.717, 1.165) is 18.3 Å². The fourth-order valence-electron chi connectivity index (χ4n) is 2.47. The van der Waals surface area contributed by atoms with Crippen molar-refractivity contribution < 1.29 is 32.2 Å². The summed E-state index contributed by atoms with van der Waals surface area (Å²) < 4.78 is 48.3. The van der Waals surface area contributed by atoms with Gasteiger partial charge in [0, 0.05) is 31.6 Å². The van der Waals surface area contributed by atoms with Crippen molar-refractivity contribution in [3.8, 4) is 5.88 Å². The molecule has 1 aromatic rings. The van der Waals surface area contributed by atoms with Crippen molar-refractivity contribution in [2.45, 2.75) is 38.5 Å². The zero-order chi connectivity index (χ0) is 18.4. The van der Waals surface area contributed by atoms with Crippen LogP contribution in [0.25, 0.3) is 0 Å². The minimum atomic E-state index is -4.47. The number of halogens is 3. The van der Waals surface area contributed by atoms with E-state index in [4.69, 9.17) is 9.47 Å². The average Bonchev–Trinajstić information content (AvgIpc) is 3.01. The zero-order valence-corrected chi connectivity index (χ0v) is 13.7. The molecule has 1 unspecified atom stereocenters. The topological polar surface area (TPSA) is 68.7 Å². The Morgan fingerprint density at radius 1 is 1.36 bits per heavy atom. The Morgan fingerprint density at radius 2 is 2.12 bits per heavy atom. The molecule has 0 aliphatic carbocycles. The van der Waals surface area contributed by atoms with Gasteiger partial charge in [0.05, 0.1) is 25.1 Å². The van der Waals surface area contributed by atoms with Crippen molar-refractivity contribution in [2.75, 3.05) is 19.7 Å². The summed E-state index contributed by atoms with van der Waals surface area (Å²) in [4.78, 5) is 28.6. The standard InChI is InChI=1S/C16H19F3N2O4/c1-2-24-15(23)4-3-14(22)21-8-6-12(10-21)25-13-9-11(5-7-20-13)16(17,18)19/h5,7,9,12H,2-4,6,8,10H2,1H3. The number of nitrogens with zero attached hydrogens (tertiary/aromatic N) is 2. The number of esters is 1. The quantitative estimate of drug-likeness (QED) is 0.729. The van der Waals surface area contributed by atoms with E-state index in [2.05, 4.69) is 4.98 Å². The first-order valence-corrected chi connectivity index (χ1v) is 7.93. The molecule has 1 atom stereocenters. The second kappa shape index (κ2) is 8.17. The molecule has 138 valence electrons. The third kappa shape index (κ3) is 5.61. The fraction of sp³-hybridized carbons (Fsp3) is 0.562. The minimum Gasteiger partial charge on any atom is -0.472 e. The Labute approximate surface area is 142 Å². The molecule has 0 radical (unpaired) electrons. The van der Waals surface area contributed by atoms with Crippen LogP contribution >= 0.6 is 0 Å². The number of ether oxygens (including phenoxy) is 2. The number of carbonyl (C=O) groups is 2. The van der Waals surface area contributed by atoms with Gasteiger partial charge < -0.3 is 14.4 Å².